The lowest BCUT2D eigenvalue weighted by molar-refractivity contribution is -0.128. The van der Waals surface area contributed by atoms with Crippen molar-refractivity contribution in [2.45, 2.75) is 25.8 Å². The Bertz CT molecular complexity index is 996. The van der Waals surface area contributed by atoms with Crippen LogP contribution in [-0.4, -0.2) is 35.4 Å². The SMILES string of the molecule is CC(C)(C(=O)NCCc1ccccc1)n1cc(-c2ccc3c(c2)OCCO3)cn1. The van der Waals surface area contributed by atoms with Gasteiger partial charge < -0.3 is 14.8 Å². The van der Waals surface area contributed by atoms with Crippen molar-refractivity contribution in [2.75, 3.05) is 19.8 Å². The first-order chi connectivity index (χ1) is 14.0. The van der Waals surface area contributed by atoms with E-state index in [2.05, 4.69) is 22.5 Å². The topological polar surface area (TPSA) is 65.4 Å². The van der Waals surface area contributed by atoms with E-state index in [-0.39, 0.29) is 5.91 Å². The van der Waals surface area contributed by atoms with Crippen molar-refractivity contribution >= 4 is 5.91 Å². The van der Waals surface area contributed by atoms with Crippen molar-refractivity contribution in [1.29, 1.82) is 0 Å². The van der Waals surface area contributed by atoms with Gasteiger partial charge in [-0.05, 0) is 43.5 Å². The second-order valence-electron chi connectivity index (χ2n) is 7.58. The van der Waals surface area contributed by atoms with Crippen LogP contribution >= 0.6 is 0 Å². The zero-order valence-electron chi connectivity index (χ0n) is 16.7. The third kappa shape index (κ3) is 4.11. The zero-order valence-corrected chi connectivity index (χ0v) is 16.7. The molecule has 0 fully saturated rings. The number of carbonyl (C=O) groups excluding carboxylic acids is 1. The van der Waals surface area contributed by atoms with E-state index in [4.69, 9.17) is 9.47 Å². The number of amides is 1. The maximum atomic E-state index is 12.8. The van der Waals surface area contributed by atoms with Gasteiger partial charge in [-0.25, -0.2) is 0 Å². The fourth-order valence-corrected chi connectivity index (χ4v) is 3.29. The molecule has 0 saturated heterocycles. The third-order valence-electron chi connectivity index (χ3n) is 5.13. The Morgan fingerprint density at radius 3 is 2.62 bits per heavy atom. The number of carbonyl (C=O) groups is 1. The van der Waals surface area contributed by atoms with Crippen molar-refractivity contribution < 1.29 is 14.3 Å². The minimum Gasteiger partial charge on any atom is -0.486 e. The molecule has 1 amide bonds. The van der Waals surface area contributed by atoms with Crippen molar-refractivity contribution in [2.24, 2.45) is 0 Å². The molecule has 1 N–H and O–H groups in total. The molecule has 0 unspecified atom stereocenters. The zero-order chi connectivity index (χ0) is 20.3. The minimum atomic E-state index is -0.803. The monoisotopic (exact) mass is 391 g/mol. The maximum absolute atomic E-state index is 12.8. The number of nitrogens with one attached hydrogen (secondary N) is 1. The first-order valence-electron chi connectivity index (χ1n) is 9.81. The smallest absolute Gasteiger partial charge is 0.247 e. The molecule has 2 aromatic carbocycles. The van der Waals surface area contributed by atoms with Crippen LogP contribution in [0.3, 0.4) is 0 Å². The second-order valence-corrected chi connectivity index (χ2v) is 7.58. The van der Waals surface area contributed by atoms with Crippen molar-refractivity contribution in [3.05, 3.63) is 66.5 Å². The Hall–Kier alpha value is -3.28. The van der Waals surface area contributed by atoms with Crippen LogP contribution in [0.25, 0.3) is 11.1 Å². The van der Waals surface area contributed by atoms with Gasteiger partial charge in [-0.2, -0.15) is 5.10 Å². The second kappa shape index (κ2) is 7.99. The molecule has 1 aromatic heterocycles. The van der Waals surface area contributed by atoms with Gasteiger partial charge in [0.1, 0.15) is 18.8 Å². The summed E-state index contributed by atoms with van der Waals surface area (Å²) in [7, 11) is 0. The van der Waals surface area contributed by atoms with Crippen molar-refractivity contribution in [3.8, 4) is 22.6 Å². The van der Waals surface area contributed by atoms with Crippen LogP contribution in [0, 0.1) is 0 Å². The molecular formula is C23H25N3O3. The van der Waals surface area contributed by atoms with Crippen LogP contribution in [0.4, 0.5) is 0 Å². The highest BCUT2D eigenvalue weighted by Crippen LogP contribution is 2.34. The predicted octanol–water partition coefficient (Wildman–Crippen LogP) is 3.42. The standard InChI is InChI=1S/C23H25N3O3/c1-23(2,22(27)24-11-10-17-6-4-3-5-7-17)26-16-19(15-25-26)18-8-9-20-21(14-18)29-13-12-28-20/h3-9,14-16H,10-13H2,1-2H3,(H,24,27). The number of hydrogen-bond acceptors (Lipinski definition) is 4. The molecule has 0 saturated carbocycles. The van der Waals surface area contributed by atoms with E-state index < -0.39 is 5.54 Å². The van der Waals surface area contributed by atoms with Gasteiger partial charge in [-0.3, -0.25) is 9.48 Å². The highest BCUT2D eigenvalue weighted by molar-refractivity contribution is 5.83. The molecule has 2 heterocycles. The van der Waals surface area contributed by atoms with Gasteiger partial charge in [0.05, 0.1) is 6.20 Å². The van der Waals surface area contributed by atoms with E-state index >= 15 is 0 Å². The van der Waals surface area contributed by atoms with E-state index in [9.17, 15) is 4.79 Å². The van der Waals surface area contributed by atoms with Crippen LogP contribution in [0.1, 0.15) is 19.4 Å². The van der Waals surface area contributed by atoms with Crippen LogP contribution in [0.5, 0.6) is 11.5 Å². The Morgan fingerprint density at radius 2 is 1.83 bits per heavy atom. The number of ether oxygens (including phenoxy) is 2. The summed E-state index contributed by atoms with van der Waals surface area (Å²) in [5, 5.41) is 7.47. The molecule has 29 heavy (non-hydrogen) atoms. The van der Waals surface area contributed by atoms with Crippen molar-refractivity contribution in [3.63, 3.8) is 0 Å². The predicted molar refractivity (Wildman–Crippen MR) is 111 cm³/mol. The summed E-state index contributed by atoms with van der Waals surface area (Å²) in [6, 6.07) is 15.9. The Balaban J connectivity index is 1.44. The third-order valence-corrected chi connectivity index (χ3v) is 5.13. The molecule has 6 nitrogen and oxygen atoms in total. The van der Waals surface area contributed by atoms with Gasteiger partial charge >= 0.3 is 0 Å². The number of rotatable bonds is 6. The highest BCUT2D eigenvalue weighted by Gasteiger charge is 2.30. The molecule has 4 rings (SSSR count). The van der Waals surface area contributed by atoms with Gasteiger partial charge in [0.15, 0.2) is 11.5 Å². The number of hydrogen-bond donors (Lipinski definition) is 1. The van der Waals surface area contributed by atoms with Crippen LogP contribution in [0.2, 0.25) is 0 Å². The molecule has 0 radical (unpaired) electrons. The summed E-state index contributed by atoms with van der Waals surface area (Å²) in [5.74, 6) is 1.43. The van der Waals surface area contributed by atoms with E-state index in [1.54, 1.807) is 10.9 Å². The first kappa shape index (κ1) is 19.1. The molecule has 0 aliphatic carbocycles. The summed E-state index contributed by atoms with van der Waals surface area (Å²) in [5.41, 5.74) is 2.29. The number of aromatic nitrogens is 2. The molecule has 3 aromatic rings. The largest absolute Gasteiger partial charge is 0.486 e. The summed E-state index contributed by atoms with van der Waals surface area (Å²) in [6.45, 7) is 5.43. The van der Waals surface area contributed by atoms with Crippen LogP contribution in [0.15, 0.2) is 60.9 Å². The molecular weight excluding hydrogens is 366 g/mol. The Morgan fingerprint density at radius 1 is 1.07 bits per heavy atom. The Labute approximate surface area is 170 Å². The fraction of sp³-hybridized carbons (Fsp3) is 0.304. The molecule has 150 valence electrons. The average Bonchev–Trinajstić information content (AvgIpc) is 3.25. The quantitative estimate of drug-likeness (QED) is 0.699. The summed E-state index contributed by atoms with van der Waals surface area (Å²) in [6.07, 6.45) is 4.46. The molecule has 6 heteroatoms. The fourth-order valence-electron chi connectivity index (χ4n) is 3.29. The lowest BCUT2D eigenvalue weighted by Gasteiger charge is -2.24. The number of nitrogens with zero attached hydrogens (tertiary/aromatic N) is 2. The van der Waals surface area contributed by atoms with Gasteiger partial charge in [0.2, 0.25) is 5.91 Å². The van der Waals surface area contributed by atoms with E-state index in [1.807, 2.05) is 56.4 Å². The average molecular weight is 391 g/mol. The maximum Gasteiger partial charge on any atom is 0.247 e. The van der Waals surface area contributed by atoms with E-state index in [1.165, 1.54) is 5.56 Å². The number of fused-ring (bicyclic) bond motifs is 1. The molecule has 0 spiro atoms. The van der Waals surface area contributed by atoms with E-state index in [0.717, 1.165) is 29.0 Å². The van der Waals surface area contributed by atoms with Crippen LogP contribution < -0.4 is 14.8 Å². The van der Waals surface area contributed by atoms with Gasteiger partial charge in [0.25, 0.3) is 0 Å². The van der Waals surface area contributed by atoms with Crippen LogP contribution in [-0.2, 0) is 16.8 Å². The summed E-state index contributed by atoms with van der Waals surface area (Å²) in [4.78, 5) is 12.8. The summed E-state index contributed by atoms with van der Waals surface area (Å²) >= 11 is 0. The molecule has 1 aliphatic rings. The molecule has 0 bridgehead atoms. The lowest BCUT2D eigenvalue weighted by Crippen LogP contribution is -2.45. The first-order valence-corrected chi connectivity index (χ1v) is 9.81. The lowest BCUT2D eigenvalue weighted by atomic mass is 10.0. The van der Waals surface area contributed by atoms with Crippen molar-refractivity contribution in [1.82, 2.24) is 15.1 Å². The Kier molecular flexibility index (Phi) is 5.25. The normalized spacial score (nSPS) is 13.2. The summed E-state index contributed by atoms with van der Waals surface area (Å²) < 4.78 is 12.9. The van der Waals surface area contributed by atoms with Gasteiger partial charge in [-0.15, -0.1) is 0 Å². The van der Waals surface area contributed by atoms with E-state index in [0.29, 0.717) is 19.8 Å². The minimum absolute atomic E-state index is 0.0646. The molecule has 0 atom stereocenters. The molecule has 1 aliphatic heterocycles. The number of benzene rings is 2. The van der Waals surface area contributed by atoms with Gasteiger partial charge in [-0.1, -0.05) is 36.4 Å². The highest BCUT2D eigenvalue weighted by atomic mass is 16.6. The van der Waals surface area contributed by atoms with Gasteiger partial charge in [0, 0.05) is 18.3 Å².